The van der Waals surface area contributed by atoms with Crippen LogP contribution in [0.2, 0.25) is 5.02 Å². The Balaban J connectivity index is 2.15. The molecule has 1 aliphatic carbocycles. The lowest BCUT2D eigenvalue weighted by Gasteiger charge is -2.14. The standard InChI is InChI=1S/C16H18ClN3O3/c1-2-7-19-15(22)12-6-3-10(17)8-13(12)20(16(19)23)9-14(21)18-11-4-5-11/h3,6,8,11H,2,4-5,7,9H2,1H3,(H,18,21). The number of nitrogens with zero attached hydrogens (tertiary/aromatic N) is 2. The molecule has 1 aromatic carbocycles. The van der Waals surface area contributed by atoms with Gasteiger partial charge in [0.25, 0.3) is 5.56 Å². The molecule has 6 nitrogen and oxygen atoms in total. The molecule has 1 N–H and O–H groups in total. The van der Waals surface area contributed by atoms with Gasteiger partial charge in [-0.15, -0.1) is 0 Å². The largest absolute Gasteiger partial charge is 0.352 e. The van der Waals surface area contributed by atoms with Crippen LogP contribution in [-0.4, -0.2) is 21.1 Å². The van der Waals surface area contributed by atoms with Crippen molar-refractivity contribution >= 4 is 28.4 Å². The zero-order valence-electron chi connectivity index (χ0n) is 12.8. The quantitative estimate of drug-likeness (QED) is 0.900. The normalized spacial score (nSPS) is 14.2. The highest BCUT2D eigenvalue weighted by Gasteiger charge is 2.24. The molecule has 1 saturated carbocycles. The SMILES string of the molecule is CCCn1c(=O)c2ccc(Cl)cc2n(CC(=O)NC2CC2)c1=O. The van der Waals surface area contributed by atoms with Crippen LogP contribution in [-0.2, 0) is 17.9 Å². The number of benzene rings is 1. The monoisotopic (exact) mass is 335 g/mol. The molecule has 1 aromatic heterocycles. The summed E-state index contributed by atoms with van der Waals surface area (Å²) in [7, 11) is 0. The summed E-state index contributed by atoms with van der Waals surface area (Å²) in [5, 5.41) is 3.66. The number of halogens is 1. The summed E-state index contributed by atoms with van der Waals surface area (Å²) in [6, 6.07) is 4.98. The lowest BCUT2D eigenvalue weighted by molar-refractivity contribution is -0.121. The Hall–Kier alpha value is -2.08. The molecule has 122 valence electrons. The van der Waals surface area contributed by atoms with Gasteiger partial charge in [-0.25, -0.2) is 4.79 Å². The highest BCUT2D eigenvalue weighted by atomic mass is 35.5. The number of fused-ring (bicyclic) bond motifs is 1. The predicted octanol–water partition coefficient (Wildman–Crippen LogP) is 1.51. The third-order valence-corrected chi connectivity index (χ3v) is 4.11. The summed E-state index contributed by atoms with van der Waals surface area (Å²) in [4.78, 5) is 37.2. The maximum Gasteiger partial charge on any atom is 0.331 e. The molecule has 0 atom stereocenters. The molecular formula is C16H18ClN3O3. The van der Waals surface area contributed by atoms with Crippen LogP contribution in [0.25, 0.3) is 10.9 Å². The molecule has 23 heavy (non-hydrogen) atoms. The third kappa shape index (κ3) is 3.17. The smallest absolute Gasteiger partial charge is 0.331 e. The highest BCUT2D eigenvalue weighted by molar-refractivity contribution is 6.31. The van der Waals surface area contributed by atoms with E-state index in [2.05, 4.69) is 5.32 Å². The fraction of sp³-hybridized carbons (Fsp3) is 0.438. The van der Waals surface area contributed by atoms with Crippen LogP contribution in [0.15, 0.2) is 27.8 Å². The van der Waals surface area contributed by atoms with Crippen LogP contribution in [0.4, 0.5) is 0 Å². The number of carbonyl (C=O) groups is 1. The van der Waals surface area contributed by atoms with E-state index in [1.165, 1.54) is 9.13 Å². The van der Waals surface area contributed by atoms with Crippen molar-refractivity contribution in [1.82, 2.24) is 14.5 Å². The molecule has 0 bridgehead atoms. The van der Waals surface area contributed by atoms with E-state index in [0.29, 0.717) is 28.9 Å². The van der Waals surface area contributed by atoms with Gasteiger partial charge in [-0.2, -0.15) is 0 Å². The van der Waals surface area contributed by atoms with Gasteiger partial charge < -0.3 is 5.32 Å². The maximum absolute atomic E-state index is 12.6. The third-order valence-electron chi connectivity index (χ3n) is 3.88. The molecule has 0 saturated heterocycles. The lowest BCUT2D eigenvalue weighted by atomic mass is 10.2. The molecule has 1 fully saturated rings. The van der Waals surface area contributed by atoms with Gasteiger partial charge in [-0.3, -0.25) is 18.7 Å². The Morgan fingerprint density at radius 1 is 1.30 bits per heavy atom. The van der Waals surface area contributed by atoms with E-state index >= 15 is 0 Å². The Kier molecular flexibility index (Phi) is 4.26. The van der Waals surface area contributed by atoms with E-state index in [-0.39, 0.29) is 24.1 Å². The predicted molar refractivity (Wildman–Crippen MR) is 88.9 cm³/mol. The van der Waals surface area contributed by atoms with Crippen molar-refractivity contribution in [2.75, 3.05) is 0 Å². The molecule has 1 heterocycles. The van der Waals surface area contributed by atoms with Gasteiger partial charge in [0, 0.05) is 17.6 Å². The van der Waals surface area contributed by atoms with Crippen molar-refractivity contribution in [2.45, 2.75) is 45.3 Å². The first-order valence-corrected chi connectivity index (χ1v) is 8.11. The molecular weight excluding hydrogens is 318 g/mol. The lowest BCUT2D eigenvalue weighted by Crippen LogP contribution is -2.42. The van der Waals surface area contributed by atoms with Crippen molar-refractivity contribution in [1.29, 1.82) is 0 Å². The van der Waals surface area contributed by atoms with Gasteiger partial charge in [0.05, 0.1) is 10.9 Å². The first kappa shape index (κ1) is 15.8. The number of hydrogen-bond acceptors (Lipinski definition) is 3. The Bertz CT molecular complexity index is 880. The number of rotatable bonds is 5. The van der Waals surface area contributed by atoms with E-state index in [0.717, 1.165) is 12.8 Å². The minimum Gasteiger partial charge on any atom is -0.352 e. The van der Waals surface area contributed by atoms with E-state index in [1.807, 2.05) is 6.92 Å². The number of nitrogens with one attached hydrogen (secondary N) is 1. The van der Waals surface area contributed by atoms with E-state index in [4.69, 9.17) is 11.6 Å². The first-order chi connectivity index (χ1) is 11.0. The maximum atomic E-state index is 12.6. The molecule has 0 aliphatic heterocycles. The van der Waals surface area contributed by atoms with Gasteiger partial charge in [-0.05, 0) is 37.5 Å². The fourth-order valence-corrected chi connectivity index (χ4v) is 2.77. The Morgan fingerprint density at radius 2 is 2.04 bits per heavy atom. The van der Waals surface area contributed by atoms with E-state index in [9.17, 15) is 14.4 Å². The summed E-state index contributed by atoms with van der Waals surface area (Å²) in [6.07, 6.45) is 2.60. The summed E-state index contributed by atoms with van der Waals surface area (Å²) < 4.78 is 2.51. The first-order valence-electron chi connectivity index (χ1n) is 7.73. The number of aromatic nitrogens is 2. The van der Waals surface area contributed by atoms with Gasteiger partial charge in [-0.1, -0.05) is 18.5 Å². The second-order valence-corrected chi connectivity index (χ2v) is 6.27. The molecule has 7 heteroatoms. The summed E-state index contributed by atoms with van der Waals surface area (Å²) in [6.45, 7) is 2.10. The molecule has 2 aromatic rings. The van der Waals surface area contributed by atoms with Crippen LogP contribution in [0.1, 0.15) is 26.2 Å². The van der Waals surface area contributed by atoms with Crippen molar-refractivity contribution in [3.8, 4) is 0 Å². The number of carbonyl (C=O) groups excluding carboxylic acids is 1. The fourth-order valence-electron chi connectivity index (χ4n) is 2.61. The molecule has 1 amide bonds. The summed E-state index contributed by atoms with van der Waals surface area (Å²) in [5.74, 6) is -0.224. The van der Waals surface area contributed by atoms with Crippen LogP contribution in [0, 0.1) is 0 Å². The Labute approximate surface area is 137 Å². The summed E-state index contributed by atoms with van der Waals surface area (Å²) in [5.41, 5.74) is -0.425. The molecule has 0 spiro atoms. The van der Waals surface area contributed by atoms with Crippen LogP contribution in [0.3, 0.4) is 0 Å². The van der Waals surface area contributed by atoms with Crippen LogP contribution in [0.5, 0.6) is 0 Å². The minimum absolute atomic E-state index is 0.115. The highest BCUT2D eigenvalue weighted by Crippen LogP contribution is 2.19. The van der Waals surface area contributed by atoms with Crippen molar-refractivity contribution in [2.24, 2.45) is 0 Å². The topological polar surface area (TPSA) is 73.1 Å². The van der Waals surface area contributed by atoms with Gasteiger partial charge >= 0.3 is 5.69 Å². The number of hydrogen-bond donors (Lipinski definition) is 1. The van der Waals surface area contributed by atoms with Crippen LogP contribution >= 0.6 is 11.6 Å². The zero-order chi connectivity index (χ0) is 16.6. The van der Waals surface area contributed by atoms with Gasteiger partial charge in [0.1, 0.15) is 6.54 Å². The Morgan fingerprint density at radius 3 is 2.70 bits per heavy atom. The van der Waals surface area contributed by atoms with Gasteiger partial charge in [0.15, 0.2) is 0 Å². The van der Waals surface area contributed by atoms with E-state index < -0.39 is 5.69 Å². The molecule has 1 aliphatic rings. The zero-order valence-corrected chi connectivity index (χ0v) is 13.6. The minimum atomic E-state index is -0.474. The molecule has 3 rings (SSSR count). The molecule has 0 unspecified atom stereocenters. The van der Waals surface area contributed by atoms with Crippen molar-refractivity contribution in [3.05, 3.63) is 44.1 Å². The van der Waals surface area contributed by atoms with Crippen molar-refractivity contribution < 1.29 is 4.79 Å². The van der Waals surface area contributed by atoms with E-state index in [1.54, 1.807) is 18.2 Å². The second-order valence-electron chi connectivity index (χ2n) is 5.83. The number of amides is 1. The van der Waals surface area contributed by atoms with Crippen LogP contribution < -0.4 is 16.6 Å². The summed E-state index contributed by atoms with van der Waals surface area (Å²) >= 11 is 6.00. The average Bonchev–Trinajstić information content (AvgIpc) is 3.31. The van der Waals surface area contributed by atoms with Gasteiger partial charge in [0.2, 0.25) is 5.91 Å². The van der Waals surface area contributed by atoms with Crippen molar-refractivity contribution in [3.63, 3.8) is 0 Å². The molecule has 0 radical (unpaired) electrons. The second kappa shape index (κ2) is 6.20. The average molecular weight is 336 g/mol.